The molecule has 0 saturated carbocycles. The van der Waals surface area contributed by atoms with E-state index in [1.165, 1.54) is 11.1 Å². The van der Waals surface area contributed by atoms with Crippen molar-refractivity contribution in [3.8, 4) is 5.75 Å². The molecular weight excluding hydrogens is 463 g/mol. The quantitative estimate of drug-likeness (QED) is 0.208. The summed E-state index contributed by atoms with van der Waals surface area (Å²) < 4.78 is 7.65. The second-order valence-corrected chi connectivity index (χ2v) is 8.83. The van der Waals surface area contributed by atoms with E-state index in [0.29, 0.717) is 27.6 Å². The summed E-state index contributed by atoms with van der Waals surface area (Å²) in [6.45, 7) is 2.40. The largest absolute Gasteiger partial charge is 0.488 e. The fourth-order valence-electron chi connectivity index (χ4n) is 2.86. The molecule has 0 aliphatic carbocycles. The molecule has 32 heavy (non-hydrogen) atoms. The molecule has 0 spiro atoms. The van der Waals surface area contributed by atoms with Crippen molar-refractivity contribution in [2.75, 3.05) is 0 Å². The minimum atomic E-state index is 0.325. The second kappa shape index (κ2) is 10.7. The zero-order chi connectivity index (χ0) is 22.3. The summed E-state index contributed by atoms with van der Waals surface area (Å²) in [6.07, 6.45) is 3.32. The molecule has 0 saturated heterocycles. The summed E-state index contributed by atoms with van der Waals surface area (Å²) in [5.41, 5.74) is 4.15. The fourth-order valence-corrected chi connectivity index (χ4v) is 4.15. The standard InChI is InChI=1S/C24H20Cl2N4OS/c1-17-6-8-18(9-7-17)15-32-24-29-27-16-30(24)28-13-19-4-2-3-5-23(19)31-14-20-10-11-21(25)12-22(20)26/h2-13,16H,14-15H2,1H3/b28-13-. The van der Waals surface area contributed by atoms with Crippen molar-refractivity contribution >= 4 is 41.2 Å². The summed E-state index contributed by atoms with van der Waals surface area (Å²) in [4.78, 5) is 0. The molecule has 0 bridgehead atoms. The zero-order valence-electron chi connectivity index (χ0n) is 17.3. The number of aromatic nitrogens is 3. The Kier molecular flexibility index (Phi) is 7.47. The number of hydrogen-bond donors (Lipinski definition) is 0. The number of aryl methyl sites for hydroxylation is 1. The van der Waals surface area contributed by atoms with Crippen LogP contribution in [0.5, 0.6) is 5.75 Å². The lowest BCUT2D eigenvalue weighted by Crippen LogP contribution is -2.00. The monoisotopic (exact) mass is 482 g/mol. The molecule has 4 aromatic rings. The highest BCUT2D eigenvalue weighted by Gasteiger charge is 2.07. The Balaban J connectivity index is 1.44. The number of hydrogen-bond acceptors (Lipinski definition) is 5. The van der Waals surface area contributed by atoms with E-state index in [4.69, 9.17) is 27.9 Å². The molecule has 0 atom stereocenters. The van der Waals surface area contributed by atoms with Gasteiger partial charge in [0.25, 0.3) is 0 Å². The first-order valence-corrected chi connectivity index (χ1v) is 11.6. The van der Waals surface area contributed by atoms with Crippen molar-refractivity contribution in [1.82, 2.24) is 14.9 Å². The predicted molar refractivity (Wildman–Crippen MR) is 131 cm³/mol. The van der Waals surface area contributed by atoms with E-state index in [1.807, 2.05) is 30.3 Å². The van der Waals surface area contributed by atoms with Gasteiger partial charge in [0.1, 0.15) is 18.7 Å². The highest BCUT2D eigenvalue weighted by molar-refractivity contribution is 7.98. The first kappa shape index (κ1) is 22.4. The zero-order valence-corrected chi connectivity index (χ0v) is 19.6. The molecule has 162 valence electrons. The van der Waals surface area contributed by atoms with Gasteiger partial charge in [0.2, 0.25) is 5.16 Å². The maximum absolute atomic E-state index is 6.25. The predicted octanol–water partition coefficient (Wildman–Crippen LogP) is 6.65. The van der Waals surface area contributed by atoms with Gasteiger partial charge in [-0.3, -0.25) is 0 Å². The van der Waals surface area contributed by atoms with Crippen molar-refractivity contribution in [2.24, 2.45) is 5.10 Å². The normalized spacial score (nSPS) is 11.2. The van der Waals surface area contributed by atoms with Gasteiger partial charge in [0, 0.05) is 26.9 Å². The van der Waals surface area contributed by atoms with E-state index >= 15 is 0 Å². The van der Waals surface area contributed by atoms with Crippen molar-refractivity contribution in [2.45, 2.75) is 24.4 Å². The number of rotatable bonds is 8. The van der Waals surface area contributed by atoms with Gasteiger partial charge in [-0.2, -0.15) is 9.78 Å². The van der Waals surface area contributed by atoms with Crippen LogP contribution in [0.15, 0.2) is 83.3 Å². The van der Waals surface area contributed by atoms with Gasteiger partial charge in [-0.1, -0.05) is 83.0 Å². The Hall–Kier alpha value is -2.80. The first-order chi connectivity index (χ1) is 15.6. The molecule has 5 nitrogen and oxygen atoms in total. The summed E-state index contributed by atoms with van der Waals surface area (Å²) >= 11 is 13.8. The van der Waals surface area contributed by atoms with Crippen molar-refractivity contribution in [3.05, 3.63) is 105 Å². The molecule has 0 aliphatic heterocycles. The van der Waals surface area contributed by atoms with E-state index in [1.54, 1.807) is 41.1 Å². The molecule has 0 amide bonds. The number of thioether (sulfide) groups is 1. The fraction of sp³-hybridized carbons (Fsp3) is 0.125. The van der Waals surface area contributed by atoms with Crippen LogP contribution in [0.2, 0.25) is 10.0 Å². The van der Waals surface area contributed by atoms with E-state index in [0.717, 1.165) is 16.9 Å². The van der Waals surface area contributed by atoms with Crippen LogP contribution in [0.4, 0.5) is 0 Å². The van der Waals surface area contributed by atoms with Crippen LogP contribution < -0.4 is 4.74 Å². The molecule has 1 heterocycles. The highest BCUT2D eigenvalue weighted by Crippen LogP contribution is 2.24. The maximum atomic E-state index is 6.25. The summed E-state index contributed by atoms with van der Waals surface area (Å²) in [7, 11) is 0. The van der Waals surface area contributed by atoms with Crippen molar-refractivity contribution in [1.29, 1.82) is 0 Å². The minimum Gasteiger partial charge on any atom is -0.488 e. The third-order valence-electron chi connectivity index (χ3n) is 4.63. The lowest BCUT2D eigenvalue weighted by Gasteiger charge is -2.10. The van der Waals surface area contributed by atoms with Crippen LogP contribution in [0.1, 0.15) is 22.3 Å². The Bertz CT molecular complexity index is 1220. The van der Waals surface area contributed by atoms with Crippen molar-refractivity contribution in [3.63, 3.8) is 0 Å². The van der Waals surface area contributed by atoms with Gasteiger partial charge in [0.15, 0.2) is 0 Å². The molecule has 0 aliphatic rings. The highest BCUT2D eigenvalue weighted by atomic mass is 35.5. The van der Waals surface area contributed by atoms with Gasteiger partial charge < -0.3 is 4.74 Å². The number of ether oxygens (including phenoxy) is 1. The Morgan fingerprint density at radius 2 is 1.88 bits per heavy atom. The molecule has 0 fully saturated rings. The van der Waals surface area contributed by atoms with Gasteiger partial charge in [-0.25, -0.2) is 0 Å². The van der Waals surface area contributed by atoms with Gasteiger partial charge >= 0.3 is 0 Å². The number of nitrogens with zero attached hydrogens (tertiary/aromatic N) is 4. The molecular formula is C24H20Cl2N4OS. The second-order valence-electron chi connectivity index (χ2n) is 7.04. The van der Waals surface area contributed by atoms with Gasteiger partial charge in [0.05, 0.1) is 6.21 Å². The van der Waals surface area contributed by atoms with Crippen LogP contribution in [-0.2, 0) is 12.4 Å². The van der Waals surface area contributed by atoms with Crippen LogP contribution in [0.25, 0.3) is 0 Å². The maximum Gasteiger partial charge on any atom is 0.212 e. The molecule has 3 aromatic carbocycles. The number of halogens is 2. The third-order valence-corrected chi connectivity index (χ3v) is 6.22. The van der Waals surface area contributed by atoms with E-state index in [9.17, 15) is 0 Å². The average molecular weight is 483 g/mol. The summed E-state index contributed by atoms with van der Waals surface area (Å²) in [5.74, 6) is 1.49. The van der Waals surface area contributed by atoms with Crippen LogP contribution in [0, 0.1) is 6.92 Å². The smallest absolute Gasteiger partial charge is 0.212 e. The third kappa shape index (κ3) is 5.91. The number of para-hydroxylation sites is 1. The Labute approximate surface area is 201 Å². The van der Waals surface area contributed by atoms with Crippen molar-refractivity contribution < 1.29 is 4.74 Å². The summed E-state index contributed by atoms with van der Waals surface area (Å²) in [5, 5.41) is 14.6. The SMILES string of the molecule is Cc1ccc(CSc2nncn2/N=C\c2ccccc2OCc2ccc(Cl)cc2Cl)cc1. The molecule has 0 radical (unpaired) electrons. The topological polar surface area (TPSA) is 52.3 Å². The lowest BCUT2D eigenvalue weighted by atomic mass is 10.2. The Morgan fingerprint density at radius 3 is 2.69 bits per heavy atom. The van der Waals surface area contributed by atoms with E-state index < -0.39 is 0 Å². The lowest BCUT2D eigenvalue weighted by molar-refractivity contribution is 0.306. The van der Waals surface area contributed by atoms with Crippen LogP contribution >= 0.6 is 35.0 Å². The summed E-state index contributed by atoms with van der Waals surface area (Å²) in [6, 6.07) is 21.5. The van der Waals surface area contributed by atoms with Crippen LogP contribution in [0.3, 0.4) is 0 Å². The number of benzene rings is 3. The first-order valence-electron chi connectivity index (χ1n) is 9.87. The molecule has 4 rings (SSSR count). The molecule has 0 N–H and O–H groups in total. The molecule has 8 heteroatoms. The van der Waals surface area contributed by atoms with Crippen LogP contribution in [-0.4, -0.2) is 21.1 Å². The minimum absolute atomic E-state index is 0.325. The van der Waals surface area contributed by atoms with E-state index in [-0.39, 0.29) is 0 Å². The average Bonchev–Trinajstić information content (AvgIpc) is 3.25. The van der Waals surface area contributed by atoms with Gasteiger partial charge in [-0.15, -0.1) is 10.2 Å². The van der Waals surface area contributed by atoms with E-state index in [2.05, 4.69) is 46.5 Å². The molecule has 0 unspecified atom stereocenters. The Morgan fingerprint density at radius 1 is 1.06 bits per heavy atom. The van der Waals surface area contributed by atoms with Gasteiger partial charge in [-0.05, 0) is 36.8 Å². The molecule has 1 aromatic heterocycles.